The van der Waals surface area contributed by atoms with Crippen LogP contribution in [0.1, 0.15) is 0 Å². The molecule has 88 valence electrons. The number of benzene rings is 1. The van der Waals surface area contributed by atoms with Gasteiger partial charge in [0.15, 0.2) is 0 Å². The Labute approximate surface area is 102 Å². The Hall–Kier alpha value is -0.950. The van der Waals surface area contributed by atoms with Gasteiger partial charge in [-0.25, -0.2) is 4.39 Å². The Morgan fingerprint density at radius 1 is 1.44 bits per heavy atom. The maximum absolute atomic E-state index is 13.1. The number of sulfonamides is 1. The lowest BCUT2D eigenvalue weighted by molar-refractivity contribution is 0.588. The topological polar surface area (TPSA) is 49.7 Å². The summed E-state index contributed by atoms with van der Waals surface area (Å²) in [5, 5.41) is 0. The maximum atomic E-state index is 13.1. The molecule has 0 radical (unpaired) electrons. The molecule has 0 aromatic heterocycles. The lowest BCUT2D eigenvalue weighted by atomic mass is 10.3. The first-order valence-corrected chi connectivity index (χ1v) is 6.48. The highest BCUT2D eigenvalue weighted by Crippen LogP contribution is 2.20. The molecule has 0 fully saturated rings. The van der Waals surface area contributed by atoms with Crippen LogP contribution in [0.25, 0.3) is 0 Å². The van der Waals surface area contributed by atoms with E-state index < -0.39 is 15.8 Å². The van der Waals surface area contributed by atoms with Crippen molar-refractivity contribution in [2.75, 3.05) is 14.1 Å². The second-order valence-corrected chi connectivity index (χ2v) is 5.72. The molecule has 0 bridgehead atoms. The van der Waals surface area contributed by atoms with Crippen molar-refractivity contribution in [3.63, 3.8) is 0 Å². The van der Waals surface area contributed by atoms with Gasteiger partial charge in [-0.15, -0.1) is 4.40 Å². The first-order chi connectivity index (χ1) is 7.33. The highest BCUT2D eigenvalue weighted by atomic mass is 79.9. The van der Waals surface area contributed by atoms with Gasteiger partial charge in [0.2, 0.25) is 0 Å². The minimum absolute atomic E-state index is 0.175. The molecule has 7 heteroatoms. The average molecular weight is 309 g/mol. The van der Waals surface area contributed by atoms with Crippen LogP contribution in [0.15, 0.2) is 32.0 Å². The predicted octanol–water partition coefficient (Wildman–Crippen LogP) is 1.87. The van der Waals surface area contributed by atoms with Gasteiger partial charge in [0.1, 0.15) is 12.2 Å². The van der Waals surface area contributed by atoms with E-state index in [4.69, 9.17) is 0 Å². The van der Waals surface area contributed by atoms with Crippen LogP contribution < -0.4 is 0 Å². The molecule has 0 N–H and O–H groups in total. The Morgan fingerprint density at radius 3 is 2.56 bits per heavy atom. The molecule has 1 aromatic rings. The summed E-state index contributed by atoms with van der Waals surface area (Å²) in [5.74, 6) is -0.638. The lowest BCUT2D eigenvalue weighted by Gasteiger charge is -2.03. The zero-order valence-corrected chi connectivity index (χ0v) is 11.1. The highest BCUT2D eigenvalue weighted by Gasteiger charge is 2.13. The summed E-state index contributed by atoms with van der Waals surface area (Å²) in [4.78, 5) is 1.30. The molecule has 1 rings (SSSR count). The molecule has 0 unspecified atom stereocenters. The van der Waals surface area contributed by atoms with Crippen LogP contribution in [-0.2, 0) is 10.0 Å². The molecule has 0 amide bonds. The van der Waals surface area contributed by atoms with E-state index in [0.717, 1.165) is 12.4 Å². The van der Waals surface area contributed by atoms with Crippen LogP contribution in [0.5, 0.6) is 0 Å². The van der Waals surface area contributed by atoms with Crippen molar-refractivity contribution in [2.45, 2.75) is 4.90 Å². The number of halogens is 2. The molecule has 0 saturated heterocycles. The third-order valence-electron chi connectivity index (χ3n) is 1.61. The zero-order chi connectivity index (χ0) is 12.3. The van der Waals surface area contributed by atoms with E-state index in [1.54, 1.807) is 14.1 Å². The van der Waals surface area contributed by atoms with Gasteiger partial charge < -0.3 is 4.90 Å². The van der Waals surface area contributed by atoms with E-state index in [1.165, 1.54) is 17.0 Å². The summed E-state index contributed by atoms with van der Waals surface area (Å²) < 4.78 is 39.9. The molecular weight excluding hydrogens is 299 g/mol. The number of hydrogen-bond donors (Lipinski definition) is 0. The average Bonchev–Trinajstić information content (AvgIpc) is 2.19. The molecule has 1 aromatic carbocycles. The van der Waals surface area contributed by atoms with Crippen molar-refractivity contribution in [1.29, 1.82) is 0 Å². The molecule has 4 nitrogen and oxygen atoms in total. The third-order valence-corrected chi connectivity index (χ3v) is 3.47. The molecule has 0 heterocycles. The fraction of sp³-hybridized carbons (Fsp3) is 0.222. The molecule has 0 aliphatic carbocycles. The molecule has 0 aliphatic heterocycles. The fourth-order valence-corrected chi connectivity index (χ4v) is 2.03. The quantitative estimate of drug-likeness (QED) is 0.632. The maximum Gasteiger partial charge on any atom is 0.283 e. The summed E-state index contributed by atoms with van der Waals surface area (Å²) in [6.45, 7) is 0. The normalized spacial score (nSPS) is 12.0. The Kier molecular flexibility index (Phi) is 4.03. The van der Waals surface area contributed by atoms with Crippen LogP contribution >= 0.6 is 15.9 Å². The summed E-state index contributed by atoms with van der Waals surface area (Å²) in [7, 11) is -0.548. The van der Waals surface area contributed by atoms with Crippen molar-refractivity contribution in [1.82, 2.24) is 4.90 Å². The fourth-order valence-electron chi connectivity index (χ4n) is 0.855. The molecule has 0 saturated carbocycles. The van der Waals surface area contributed by atoms with Gasteiger partial charge in [0.05, 0.1) is 9.37 Å². The second-order valence-electron chi connectivity index (χ2n) is 3.24. The summed E-state index contributed by atoms with van der Waals surface area (Å²) in [6.07, 6.45) is 1.15. The van der Waals surface area contributed by atoms with Crippen LogP contribution in [0.3, 0.4) is 0 Å². The number of rotatable bonds is 3. The SMILES string of the molecule is CN(C)/C=N\S(=O)(=O)c1ccc(Br)c(F)c1. The van der Waals surface area contributed by atoms with Gasteiger partial charge in [-0.05, 0) is 34.1 Å². The Bertz CT molecular complexity index is 514. The van der Waals surface area contributed by atoms with E-state index in [1.807, 2.05) is 0 Å². The molecule has 16 heavy (non-hydrogen) atoms. The molecule has 0 spiro atoms. The van der Waals surface area contributed by atoms with E-state index in [2.05, 4.69) is 20.3 Å². The van der Waals surface area contributed by atoms with Gasteiger partial charge in [-0.1, -0.05) is 0 Å². The summed E-state index contributed by atoms with van der Waals surface area (Å²) >= 11 is 2.94. The minimum Gasteiger partial charge on any atom is -0.368 e. The summed E-state index contributed by atoms with van der Waals surface area (Å²) in [6, 6.07) is 3.54. The van der Waals surface area contributed by atoms with E-state index in [9.17, 15) is 12.8 Å². The highest BCUT2D eigenvalue weighted by molar-refractivity contribution is 9.10. The smallest absolute Gasteiger partial charge is 0.283 e. The van der Waals surface area contributed by atoms with Crippen LogP contribution in [-0.4, -0.2) is 33.8 Å². The molecule has 0 aliphatic rings. The Morgan fingerprint density at radius 2 is 2.06 bits per heavy atom. The minimum atomic E-state index is -3.83. The van der Waals surface area contributed by atoms with E-state index >= 15 is 0 Å². The van der Waals surface area contributed by atoms with Crippen molar-refractivity contribution >= 4 is 32.3 Å². The molecule has 0 atom stereocenters. The van der Waals surface area contributed by atoms with Crippen LogP contribution in [0, 0.1) is 5.82 Å². The largest absolute Gasteiger partial charge is 0.368 e. The predicted molar refractivity (Wildman–Crippen MR) is 63.5 cm³/mol. The molecular formula is C9H10BrFN2O2S. The second kappa shape index (κ2) is 4.92. The van der Waals surface area contributed by atoms with Crippen molar-refractivity contribution in [3.05, 3.63) is 28.5 Å². The van der Waals surface area contributed by atoms with Gasteiger partial charge in [-0.3, -0.25) is 0 Å². The van der Waals surface area contributed by atoms with E-state index in [-0.39, 0.29) is 9.37 Å². The van der Waals surface area contributed by atoms with Gasteiger partial charge >= 0.3 is 0 Å². The number of nitrogens with zero attached hydrogens (tertiary/aromatic N) is 2. The van der Waals surface area contributed by atoms with Gasteiger partial charge in [-0.2, -0.15) is 8.42 Å². The van der Waals surface area contributed by atoms with Gasteiger partial charge in [0.25, 0.3) is 10.0 Å². The third kappa shape index (κ3) is 3.28. The van der Waals surface area contributed by atoms with Crippen molar-refractivity contribution in [2.24, 2.45) is 4.40 Å². The van der Waals surface area contributed by atoms with Crippen LogP contribution in [0.4, 0.5) is 4.39 Å². The summed E-state index contributed by atoms with van der Waals surface area (Å²) in [5.41, 5.74) is 0. The van der Waals surface area contributed by atoms with Gasteiger partial charge in [0, 0.05) is 14.1 Å². The number of hydrogen-bond acceptors (Lipinski definition) is 2. The van der Waals surface area contributed by atoms with Crippen molar-refractivity contribution < 1.29 is 12.8 Å². The monoisotopic (exact) mass is 308 g/mol. The Balaban J connectivity index is 3.13. The lowest BCUT2D eigenvalue weighted by Crippen LogP contribution is -2.10. The first kappa shape index (κ1) is 13.1. The van der Waals surface area contributed by atoms with Crippen LogP contribution in [0.2, 0.25) is 0 Å². The zero-order valence-electron chi connectivity index (χ0n) is 8.68. The van der Waals surface area contributed by atoms with E-state index in [0.29, 0.717) is 0 Å². The standard InChI is InChI=1S/C9H10BrFN2O2S/c1-13(2)6-12-16(14,15)7-3-4-8(10)9(11)5-7/h3-6H,1-2H3/b12-6-. The van der Waals surface area contributed by atoms with Crippen molar-refractivity contribution in [3.8, 4) is 0 Å². The first-order valence-electron chi connectivity index (χ1n) is 4.25.